The van der Waals surface area contributed by atoms with Gasteiger partial charge in [-0.05, 0) is 48.5 Å². The van der Waals surface area contributed by atoms with E-state index in [-0.39, 0.29) is 16.7 Å². The molecule has 0 radical (unpaired) electrons. The van der Waals surface area contributed by atoms with Crippen molar-refractivity contribution in [3.63, 3.8) is 0 Å². The number of terminal acetylenes is 1. The van der Waals surface area contributed by atoms with Gasteiger partial charge < -0.3 is 18.9 Å². The number of rotatable bonds is 8. The van der Waals surface area contributed by atoms with Crippen LogP contribution in [0.15, 0.2) is 107 Å². The van der Waals surface area contributed by atoms with E-state index in [0.29, 0.717) is 5.02 Å². The Morgan fingerprint density at radius 1 is 0.909 bits per heavy atom. The average molecular weight is 616 g/mol. The highest BCUT2D eigenvalue weighted by Gasteiger charge is 2.63. The van der Waals surface area contributed by atoms with Gasteiger partial charge in [0.1, 0.15) is 14.1 Å². The van der Waals surface area contributed by atoms with Crippen LogP contribution < -0.4 is 11.2 Å². The molecule has 1 saturated heterocycles. The molecule has 1 N–H and O–H groups in total. The first-order chi connectivity index (χ1) is 21.7. The maximum absolute atomic E-state index is 13.5. The van der Waals surface area contributed by atoms with E-state index in [1.165, 1.54) is 48.5 Å². The quantitative estimate of drug-likeness (QED) is 0.179. The van der Waals surface area contributed by atoms with E-state index in [9.17, 15) is 24.0 Å². The predicted molar refractivity (Wildman–Crippen MR) is 156 cm³/mol. The number of nitrogens with zero attached hydrogens (tertiary/aromatic N) is 1. The number of aromatic nitrogens is 2. The Morgan fingerprint density at radius 3 is 2.14 bits per heavy atom. The summed E-state index contributed by atoms with van der Waals surface area (Å²) in [4.78, 5) is 66.7. The topological polar surface area (TPSA) is 143 Å². The molecule has 1 unspecified atom stereocenters. The van der Waals surface area contributed by atoms with E-state index in [1.807, 2.05) is 6.40 Å². The fourth-order valence-corrected chi connectivity index (χ4v) is 4.68. The summed E-state index contributed by atoms with van der Waals surface area (Å²) in [6, 6.07) is 22.5. The fourth-order valence-electron chi connectivity index (χ4n) is 4.55. The van der Waals surface area contributed by atoms with Crippen molar-refractivity contribution in [3.8, 4) is 12.3 Å². The molecule has 0 bridgehead atoms. The number of hydrogen-bond donors (Lipinski definition) is 1. The summed E-state index contributed by atoms with van der Waals surface area (Å²) in [5.41, 5.74) is -3.65. The summed E-state index contributed by atoms with van der Waals surface area (Å²) in [6.45, 7) is -0.633. The first-order valence-electron chi connectivity index (χ1n) is 13.6. The Kier molecular flexibility index (Phi) is 8.36. The van der Waals surface area contributed by atoms with Crippen LogP contribution in [0.1, 0.15) is 38.7 Å². The maximum atomic E-state index is 13.5. The van der Waals surface area contributed by atoms with Gasteiger partial charge in [0.15, 0.2) is 6.23 Å². The minimum atomic E-state index is -2.31. The Morgan fingerprint density at radius 2 is 1.52 bits per heavy atom. The number of halogens is 1. The van der Waals surface area contributed by atoms with Crippen LogP contribution in [0.25, 0.3) is 0 Å². The molecule has 0 amide bonds. The number of H-pyrrole nitrogens is 1. The van der Waals surface area contributed by atoms with Gasteiger partial charge in [-0.2, -0.15) is 0 Å². The molecule has 1 aliphatic heterocycles. The van der Waals surface area contributed by atoms with Crippen molar-refractivity contribution < 1.29 is 34.7 Å². The van der Waals surface area contributed by atoms with Gasteiger partial charge in [0.2, 0.25) is 11.7 Å². The molecule has 0 spiro atoms. The molecule has 1 aliphatic rings. The van der Waals surface area contributed by atoms with E-state index in [2.05, 4.69) is 10.9 Å². The van der Waals surface area contributed by atoms with Crippen LogP contribution in [0, 0.1) is 12.3 Å². The first-order valence-corrected chi connectivity index (χ1v) is 13.5. The Balaban J connectivity index is 1.61. The first kappa shape index (κ1) is 28.7. The minimum absolute atomic E-state index is 0.0818. The van der Waals surface area contributed by atoms with Crippen molar-refractivity contribution >= 4 is 29.5 Å². The second-order valence-electron chi connectivity index (χ2n) is 9.50. The van der Waals surface area contributed by atoms with Crippen molar-refractivity contribution in [1.82, 2.24) is 9.55 Å². The van der Waals surface area contributed by atoms with E-state index >= 15 is 0 Å². The molecule has 0 aliphatic carbocycles. The summed E-state index contributed by atoms with van der Waals surface area (Å²) in [5, 5.41) is 0.389. The van der Waals surface area contributed by atoms with Crippen LogP contribution in [0.5, 0.6) is 0 Å². The van der Waals surface area contributed by atoms with Gasteiger partial charge in [-0.25, -0.2) is 19.2 Å². The fraction of sp³-hybridized carbons (Fsp3) is 0.156. The summed E-state index contributed by atoms with van der Waals surface area (Å²) in [7, 11) is 0. The zero-order chi connectivity index (χ0) is 32.0. The summed E-state index contributed by atoms with van der Waals surface area (Å²) >= 11 is 5.92. The van der Waals surface area contributed by atoms with Crippen LogP contribution in [-0.4, -0.2) is 51.9 Å². The number of aromatic amines is 1. The minimum Gasteiger partial charge on any atom is -0.459 e. The molecule has 1 aromatic heterocycles. The number of nitrogens with one attached hydrogen (secondary N) is 1. The van der Waals surface area contributed by atoms with Crippen LogP contribution in [-0.2, 0) is 18.9 Å². The lowest BCUT2D eigenvalue weighted by Gasteiger charge is -2.33. The standard InChI is InChI=1S/C32H23ClN2O9/c1-2-32(44-30(39)21-11-7-4-8-12-21)24(19-41-28(37)22-13-15-23(33)16-14-22)42-27(35-18-17-25(36)34-31(35)40)26(32)43-29(38)20-9-5-3-6-10-20/h1,3-18,24,26-27H,19H2,(H,34,36,40)/t24-,26+,27?,32-/m1/s1/i1D. The van der Waals surface area contributed by atoms with Gasteiger partial charge in [0.05, 0.1) is 16.7 Å². The summed E-state index contributed by atoms with van der Waals surface area (Å²) in [6.07, 6.45) is -1.77. The van der Waals surface area contributed by atoms with Crippen molar-refractivity contribution in [2.45, 2.75) is 24.0 Å². The molecular weight excluding hydrogens is 592 g/mol. The molecule has 44 heavy (non-hydrogen) atoms. The van der Waals surface area contributed by atoms with Gasteiger partial charge >= 0.3 is 23.6 Å². The average Bonchev–Trinajstić information content (AvgIpc) is 3.32. The highest BCUT2D eigenvalue weighted by molar-refractivity contribution is 6.30. The second kappa shape index (κ2) is 12.8. The Bertz CT molecular complexity index is 1890. The van der Waals surface area contributed by atoms with E-state index in [0.717, 1.165) is 16.8 Å². The molecule has 0 saturated carbocycles. The highest BCUT2D eigenvalue weighted by Crippen LogP contribution is 2.42. The molecule has 12 heteroatoms. The maximum Gasteiger partial charge on any atom is 0.339 e. The molecule has 5 rings (SSSR count). The van der Waals surface area contributed by atoms with E-state index in [1.54, 1.807) is 36.4 Å². The number of benzene rings is 3. The largest absolute Gasteiger partial charge is 0.459 e. The molecule has 4 aromatic rings. The highest BCUT2D eigenvalue weighted by atomic mass is 35.5. The molecule has 2 heterocycles. The lowest BCUT2D eigenvalue weighted by atomic mass is 9.92. The smallest absolute Gasteiger partial charge is 0.339 e. The normalized spacial score (nSPS) is 20.8. The van der Waals surface area contributed by atoms with Crippen molar-refractivity contribution in [2.24, 2.45) is 0 Å². The monoisotopic (exact) mass is 615 g/mol. The second-order valence-corrected chi connectivity index (χ2v) is 9.94. The third kappa shape index (κ3) is 6.17. The lowest BCUT2D eigenvalue weighted by Crippen LogP contribution is -2.54. The van der Waals surface area contributed by atoms with Crippen molar-refractivity contribution in [2.75, 3.05) is 6.61 Å². The predicted octanol–water partition coefficient (Wildman–Crippen LogP) is 3.40. The molecule has 4 atom stereocenters. The van der Waals surface area contributed by atoms with E-state index in [4.69, 9.17) is 31.9 Å². The number of carbonyl (C=O) groups excluding carboxylic acids is 3. The van der Waals surface area contributed by atoms with Crippen LogP contribution >= 0.6 is 11.6 Å². The summed E-state index contributed by atoms with van der Waals surface area (Å²) in [5.74, 6) is -0.157. The lowest BCUT2D eigenvalue weighted by molar-refractivity contribution is -0.0784. The molecule has 222 valence electrons. The molecule has 3 aromatic carbocycles. The number of ether oxygens (including phenoxy) is 4. The van der Waals surface area contributed by atoms with Crippen molar-refractivity contribution in [3.05, 3.63) is 140 Å². The third-order valence-corrected chi connectivity index (χ3v) is 7.00. The molecule has 1 fully saturated rings. The Labute approximate surface area is 256 Å². The zero-order valence-corrected chi connectivity index (χ0v) is 23.4. The van der Waals surface area contributed by atoms with Crippen LogP contribution in [0.4, 0.5) is 0 Å². The van der Waals surface area contributed by atoms with Gasteiger partial charge in [-0.15, -0.1) is 6.40 Å². The zero-order valence-electron chi connectivity index (χ0n) is 23.7. The van der Waals surface area contributed by atoms with Crippen LogP contribution in [0.2, 0.25) is 5.02 Å². The van der Waals surface area contributed by atoms with Gasteiger partial charge in [-0.3, -0.25) is 14.3 Å². The van der Waals surface area contributed by atoms with E-state index < -0.39 is 59.8 Å². The van der Waals surface area contributed by atoms with Crippen LogP contribution in [0.3, 0.4) is 0 Å². The molecule has 11 nitrogen and oxygen atoms in total. The van der Waals surface area contributed by atoms with Crippen molar-refractivity contribution in [1.29, 1.82) is 0 Å². The summed E-state index contributed by atoms with van der Waals surface area (Å²) < 4.78 is 32.1. The Hall–Kier alpha value is -5.44. The molecular formula is C32H23ClN2O9. The van der Waals surface area contributed by atoms with Gasteiger partial charge in [0, 0.05) is 17.3 Å². The SMILES string of the molecule is [2H]C#C[C@@]1(OC(=O)c2ccccc2)[C@@H](COC(=O)c2ccc(Cl)cc2)OC(n2ccc(=O)[nH]c2=O)[C@@H]1OC(=O)c1ccccc1. The van der Waals surface area contributed by atoms with Gasteiger partial charge in [0.25, 0.3) is 5.56 Å². The third-order valence-electron chi connectivity index (χ3n) is 6.74. The number of esters is 3. The number of carbonyl (C=O) groups is 3. The van der Waals surface area contributed by atoms with Gasteiger partial charge in [-0.1, -0.05) is 53.9 Å². The number of hydrogen-bond acceptors (Lipinski definition) is 9.